The average molecular weight is 275 g/mol. The van der Waals surface area contributed by atoms with E-state index in [1.807, 2.05) is 0 Å². The van der Waals surface area contributed by atoms with Crippen molar-refractivity contribution in [2.45, 2.75) is 78.7 Å². The zero-order valence-electron chi connectivity index (χ0n) is 14.2. The predicted molar refractivity (Wildman–Crippen MR) is 86.7 cm³/mol. The van der Waals surface area contributed by atoms with Gasteiger partial charge in [0.25, 0.3) is 0 Å². The Bertz CT molecular complexity index is 399. The first-order valence-corrected chi connectivity index (χ1v) is 8.58. The summed E-state index contributed by atoms with van der Waals surface area (Å²) in [6.45, 7) is 9.62. The highest BCUT2D eigenvalue weighted by atomic mass is 14.9. The van der Waals surface area contributed by atoms with Gasteiger partial charge in [-0.3, -0.25) is 0 Å². The molecule has 4 bridgehead atoms. The van der Waals surface area contributed by atoms with Crippen LogP contribution in [0.2, 0.25) is 0 Å². The van der Waals surface area contributed by atoms with Crippen LogP contribution in [0.15, 0.2) is 11.6 Å². The summed E-state index contributed by atoms with van der Waals surface area (Å²) in [4.78, 5) is 0. The normalized spacial score (nSPS) is 47.4. The molecule has 4 saturated carbocycles. The van der Waals surface area contributed by atoms with Crippen molar-refractivity contribution in [1.29, 1.82) is 0 Å². The number of nitrogens with one attached hydrogen (secondary N) is 1. The first kappa shape index (κ1) is 14.6. The lowest BCUT2D eigenvalue weighted by Crippen LogP contribution is -2.56. The highest BCUT2D eigenvalue weighted by Crippen LogP contribution is 2.70. The zero-order valence-corrected chi connectivity index (χ0v) is 14.2. The molecule has 0 aromatic rings. The second kappa shape index (κ2) is 4.60. The maximum absolute atomic E-state index is 3.56. The molecule has 0 aromatic carbocycles. The molecule has 3 unspecified atom stereocenters. The van der Waals surface area contributed by atoms with E-state index in [1.165, 1.54) is 50.5 Å². The summed E-state index contributed by atoms with van der Waals surface area (Å²) in [5, 5.41) is 3.56. The number of rotatable bonds is 4. The summed E-state index contributed by atoms with van der Waals surface area (Å²) in [5.74, 6) is 1.02. The molecule has 0 saturated heterocycles. The standard InChI is InChI=1S/C19H33N/c1-14(2)6-16(20-5)10-19-9-15-7-17(3,12-19)11-18(4,8-15)13-19/h6,15-16,20H,7-13H2,1-5H3. The van der Waals surface area contributed by atoms with E-state index in [2.05, 4.69) is 46.1 Å². The quantitative estimate of drug-likeness (QED) is 0.718. The van der Waals surface area contributed by atoms with E-state index in [0.29, 0.717) is 22.3 Å². The minimum atomic E-state index is 0.573. The largest absolute Gasteiger partial charge is 0.314 e. The molecule has 4 fully saturated rings. The fraction of sp³-hybridized carbons (Fsp3) is 0.895. The van der Waals surface area contributed by atoms with Gasteiger partial charge in [0.15, 0.2) is 0 Å². The fourth-order valence-corrected chi connectivity index (χ4v) is 7.03. The van der Waals surface area contributed by atoms with Crippen LogP contribution >= 0.6 is 0 Å². The Hall–Kier alpha value is -0.300. The molecule has 4 aliphatic rings. The Morgan fingerprint density at radius 2 is 1.70 bits per heavy atom. The third-order valence-electron chi connectivity index (χ3n) is 6.30. The van der Waals surface area contributed by atoms with Gasteiger partial charge in [-0.15, -0.1) is 0 Å². The van der Waals surface area contributed by atoms with E-state index < -0.39 is 0 Å². The van der Waals surface area contributed by atoms with Crippen molar-refractivity contribution in [2.75, 3.05) is 7.05 Å². The summed E-state index contributed by atoms with van der Waals surface area (Å²) in [5.41, 5.74) is 3.38. The highest BCUT2D eigenvalue weighted by molar-refractivity contribution is 5.13. The van der Waals surface area contributed by atoms with Crippen LogP contribution in [0.3, 0.4) is 0 Å². The van der Waals surface area contributed by atoms with Gasteiger partial charge in [0.1, 0.15) is 0 Å². The second-order valence-electron chi connectivity index (χ2n) is 9.47. The Labute approximate surface area is 125 Å². The van der Waals surface area contributed by atoms with E-state index in [1.54, 1.807) is 0 Å². The van der Waals surface area contributed by atoms with Crippen molar-refractivity contribution in [1.82, 2.24) is 5.32 Å². The lowest BCUT2D eigenvalue weighted by molar-refractivity contribution is -0.148. The molecule has 20 heavy (non-hydrogen) atoms. The van der Waals surface area contributed by atoms with Gasteiger partial charge in [0.05, 0.1) is 0 Å². The SMILES string of the molecule is CNC(C=C(C)C)CC12CC3CC(C)(CC(C)(C3)C1)C2. The van der Waals surface area contributed by atoms with E-state index in [0.717, 1.165) is 5.92 Å². The van der Waals surface area contributed by atoms with Crippen molar-refractivity contribution >= 4 is 0 Å². The Morgan fingerprint density at radius 1 is 1.10 bits per heavy atom. The van der Waals surface area contributed by atoms with Gasteiger partial charge in [-0.2, -0.15) is 0 Å². The molecule has 4 rings (SSSR count). The molecule has 0 aliphatic heterocycles. The topological polar surface area (TPSA) is 12.0 Å². The molecule has 0 radical (unpaired) electrons. The smallest absolute Gasteiger partial charge is 0.0254 e. The van der Waals surface area contributed by atoms with Crippen LogP contribution in [0.1, 0.15) is 72.6 Å². The molecule has 1 N–H and O–H groups in total. The van der Waals surface area contributed by atoms with Crippen molar-refractivity contribution < 1.29 is 0 Å². The lowest BCUT2D eigenvalue weighted by atomic mass is 9.39. The van der Waals surface area contributed by atoms with Gasteiger partial charge >= 0.3 is 0 Å². The highest BCUT2D eigenvalue weighted by Gasteiger charge is 2.59. The summed E-state index contributed by atoms with van der Waals surface area (Å²) >= 11 is 0. The molecular formula is C19H33N. The van der Waals surface area contributed by atoms with E-state index in [-0.39, 0.29) is 0 Å². The molecule has 4 aliphatic carbocycles. The van der Waals surface area contributed by atoms with Crippen LogP contribution in [0.25, 0.3) is 0 Å². The number of allylic oxidation sites excluding steroid dienone is 1. The van der Waals surface area contributed by atoms with Crippen molar-refractivity contribution in [3.05, 3.63) is 11.6 Å². The number of likely N-dealkylation sites (N-methyl/N-ethyl adjacent to an activating group) is 1. The molecule has 1 nitrogen and oxygen atoms in total. The van der Waals surface area contributed by atoms with Crippen LogP contribution in [0.4, 0.5) is 0 Å². The van der Waals surface area contributed by atoms with Crippen LogP contribution in [-0.4, -0.2) is 13.1 Å². The Balaban J connectivity index is 1.83. The van der Waals surface area contributed by atoms with Gasteiger partial charge in [-0.25, -0.2) is 0 Å². The molecule has 114 valence electrons. The van der Waals surface area contributed by atoms with Gasteiger partial charge in [0, 0.05) is 6.04 Å². The molecule has 3 atom stereocenters. The second-order valence-corrected chi connectivity index (χ2v) is 9.47. The maximum atomic E-state index is 3.56. The molecular weight excluding hydrogens is 242 g/mol. The van der Waals surface area contributed by atoms with Crippen LogP contribution in [0, 0.1) is 22.2 Å². The Morgan fingerprint density at radius 3 is 2.15 bits per heavy atom. The van der Waals surface area contributed by atoms with Gasteiger partial charge in [-0.05, 0) is 88.0 Å². The molecule has 0 heterocycles. The lowest BCUT2D eigenvalue weighted by Gasteiger charge is -2.66. The average Bonchev–Trinajstić information content (AvgIpc) is 2.21. The third kappa shape index (κ3) is 2.58. The minimum Gasteiger partial charge on any atom is -0.314 e. The van der Waals surface area contributed by atoms with Crippen molar-refractivity contribution in [2.24, 2.45) is 22.2 Å². The number of hydrogen-bond donors (Lipinski definition) is 1. The monoisotopic (exact) mass is 275 g/mol. The maximum Gasteiger partial charge on any atom is 0.0254 e. The van der Waals surface area contributed by atoms with Crippen LogP contribution < -0.4 is 5.32 Å². The van der Waals surface area contributed by atoms with Crippen LogP contribution in [0.5, 0.6) is 0 Å². The van der Waals surface area contributed by atoms with Crippen molar-refractivity contribution in [3.63, 3.8) is 0 Å². The predicted octanol–water partition coefficient (Wildman–Crippen LogP) is 4.93. The molecule has 0 aromatic heterocycles. The fourth-order valence-electron chi connectivity index (χ4n) is 7.03. The molecule has 0 amide bonds. The first-order valence-electron chi connectivity index (χ1n) is 8.58. The summed E-state index contributed by atoms with van der Waals surface area (Å²) in [6, 6.07) is 0.573. The van der Waals surface area contributed by atoms with Gasteiger partial charge < -0.3 is 5.32 Å². The van der Waals surface area contributed by atoms with Gasteiger partial charge in [0.2, 0.25) is 0 Å². The van der Waals surface area contributed by atoms with E-state index in [9.17, 15) is 0 Å². The van der Waals surface area contributed by atoms with Crippen molar-refractivity contribution in [3.8, 4) is 0 Å². The summed E-state index contributed by atoms with van der Waals surface area (Å²) in [7, 11) is 2.13. The molecule has 0 spiro atoms. The van der Waals surface area contributed by atoms with Gasteiger partial charge in [-0.1, -0.05) is 25.5 Å². The van der Waals surface area contributed by atoms with E-state index in [4.69, 9.17) is 0 Å². The van der Waals surface area contributed by atoms with Crippen LogP contribution in [-0.2, 0) is 0 Å². The third-order valence-corrected chi connectivity index (χ3v) is 6.30. The number of hydrogen-bond acceptors (Lipinski definition) is 1. The van der Waals surface area contributed by atoms with E-state index >= 15 is 0 Å². The first-order chi connectivity index (χ1) is 9.26. The summed E-state index contributed by atoms with van der Waals surface area (Å²) < 4.78 is 0. The zero-order chi connectivity index (χ0) is 14.6. The summed E-state index contributed by atoms with van der Waals surface area (Å²) in [6.07, 6.45) is 12.8. The Kier molecular flexibility index (Phi) is 3.36. The minimum absolute atomic E-state index is 0.573. The molecule has 1 heteroatoms.